The minimum absolute atomic E-state index is 0.0227. The Hall–Kier alpha value is -1.24. The molecule has 0 unspecified atom stereocenters. The molecule has 0 aromatic heterocycles. The van der Waals surface area contributed by atoms with Crippen LogP contribution in [-0.4, -0.2) is 55.0 Å². The van der Waals surface area contributed by atoms with E-state index in [1.807, 2.05) is 49.4 Å². The molecule has 0 spiro atoms. The Morgan fingerprint density at radius 3 is 2.62 bits per heavy atom. The number of ether oxygens (including phenoxy) is 1. The summed E-state index contributed by atoms with van der Waals surface area (Å²) in [6.45, 7) is 2.48. The molecule has 1 saturated heterocycles. The average molecular weight is 399 g/mol. The van der Waals surface area contributed by atoms with Crippen molar-refractivity contribution in [3.8, 4) is 0 Å². The van der Waals surface area contributed by atoms with Crippen LogP contribution in [0.1, 0.15) is 31.4 Å². The molecule has 144 valence electrons. The number of esters is 1. The predicted molar refractivity (Wildman–Crippen MR) is 106 cm³/mol. The van der Waals surface area contributed by atoms with Crippen LogP contribution in [-0.2, 0) is 14.3 Å². The van der Waals surface area contributed by atoms with Crippen molar-refractivity contribution >= 4 is 35.2 Å². The van der Waals surface area contributed by atoms with E-state index in [1.54, 1.807) is 11.8 Å². The summed E-state index contributed by atoms with van der Waals surface area (Å²) in [6.07, 6.45) is 3.39. The third-order valence-corrected chi connectivity index (χ3v) is 6.14. The molecule has 1 aromatic rings. The first kappa shape index (κ1) is 21.1. The maximum absolute atomic E-state index is 12.9. The molecule has 1 aliphatic rings. The fourth-order valence-electron chi connectivity index (χ4n) is 3.62. The molecular weight excluding hydrogens is 372 g/mol. The van der Waals surface area contributed by atoms with Crippen molar-refractivity contribution in [2.45, 2.75) is 31.3 Å². The van der Waals surface area contributed by atoms with Gasteiger partial charge >= 0.3 is 5.97 Å². The molecule has 1 fully saturated rings. The summed E-state index contributed by atoms with van der Waals surface area (Å²) < 4.78 is 5.02. The highest BCUT2D eigenvalue weighted by atomic mass is 35.5. The first-order valence-corrected chi connectivity index (χ1v) is 10.5. The minimum atomic E-state index is -0.847. The van der Waals surface area contributed by atoms with Gasteiger partial charge in [0.25, 0.3) is 0 Å². The molecule has 0 bridgehead atoms. The second-order valence-corrected chi connectivity index (χ2v) is 8.24. The minimum Gasteiger partial charge on any atom is -0.468 e. The van der Waals surface area contributed by atoms with E-state index in [-0.39, 0.29) is 23.8 Å². The number of benzene rings is 1. The van der Waals surface area contributed by atoms with E-state index >= 15 is 0 Å². The number of thioether (sulfide) groups is 1. The van der Waals surface area contributed by atoms with Crippen LogP contribution in [0.5, 0.6) is 0 Å². The molecule has 1 amide bonds. The SMILES string of the molecule is COC(=O)[C@]1(C)C[C@H](C(=O)NCCCSC)[C@H](c2ccc(Cl)cc2)N1C. The Morgan fingerprint density at radius 2 is 2.04 bits per heavy atom. The second kappa shape index (κ2) is 9.11. The van der Waals surface area contributed by atoms with Gasteiger partial charge in [0.2, 0.25) is 5.91 Å². The number of carbonyl (C=O) groups is 2. The van der Waals surface area contributed by atoms with Gasteiger partial charge in [0.1, 0.15) is 5.54 Å². The molecular formula is C19H27ClN2O3S. The standard InChI is InChI=1S/C19H27ClN2O3S/c1-19(18(24)25-3)12-15(17(23)21-10-5-11-26-4)16(22(19)2)13-6-8-14(20)9-7-13/h6-9,15-16H,5,10-12H2,1-4H3,(H,21,23)/t15-,16-,19-/m0/s1. The van der Waals surface area contributed by atoms with Gasteiger partial charge < -0.3 is 10.1 Å². The number of carbonyl (C=O) groups excluding carboxylic acids is 2. The highest BCUT2D eigenvalue weighted by Gasteiger charge is 2.54. The Bertz CT molecular complexity index is 640. The number of amides is 1. The summed E-state index contributed by atoms with van der Waals surface area (Å²) in [6, 6.07) is 7.25. The van der Waals surface area contributed by atoms with Crippen LogP contribution in [0.25, 0.3) is 0 Å². The molecule has 0 radical (unpaired) electrons. The van der Waals surface area contributed by atoms with E-state index in [4.69, 9.17) is 16.3 Å². The molecule has 1 heterocycles. The molecule has 26 heavy (non-hydrogen) atoms. The van der Waals surface area contributed by atoms with Gasteiger partial charge in [-0.25, -0.2) is 0 Å². The molecule has 0 saturated carbocycles. The predicted octanol–water partition coefficient (Wildman–Crippen LogP) is 3.13. The van der Waals surface area contributed by atoms with Gasteiger partial charge in [0, 0.05) is 17.6 Å². The zero-order valence-corrected chi connectivity index (χ0v) is 17.3. The van der Waals surface area contributed by atoms with E-state index in [9.17, 15) is 9.59 Å². The molecule has 1 aromatic carbocycles. The highest BCUT2D eigenvalue weighted by Crippen LogP contribution is 2.46. The summed E-state index contributed by atoms with van der Waals surface area (Å²) in [5.41, 5.74) is 0.120. The van der Waals surface area contributed by atoms with Crippen LogP contribution in [0, 0.1) is 5.92 Å². The zero-order chi connectivity index (χ0) is 19.3. The van der Waals surface area contributed by atoms with Crippen molar-refractivity contribution in [1.82, 2.24) is 10.2 Å². The largest absolute Gasteiger partial charge is 0.468 e. The summed E-state index contributed by atoms with van der Waals surface area (Å²) in [5, 5.41) is 3.67. The lowest BCUT2D eigenvalue weighted by molar-refractivity contribution is -0.152. The van der Waals surface area contributed by atoms with Gasteiger partial charge in [-0.3, -0.25) is 14.5 Å². The Balaban J connectivity index is 2.27. The van der Waals surface area contributed by atoms with Gasteiger partial charge in [0.15, 0.2) is 0 Å². The topological polar surface area (TPSA) is 58.6 Å². The van der Waals surface area contributed by atoms with Crippen molar-refractivity contribution in [2.24, 2.45) is 5.92 Å². The van der Waals surface area contributed by atoms with Crippen LogP contribution >= 0.6 is 23.4 Å². The third kappa shape index (κ3) is 4.35. The van der Waals surface area contributed by atoms with E-state index in [0.717, 1.165) is 17.7 Å². The van der Waals surface area contributed by atoms with Crippen LogP contribution in [0.3, 0.4) is 0 Å². The Labute approximate surface area is 164 Å². The smallest absolute Gasteiger partial charge is 0.326 e. The van der Waals surface area contributed by atoms with Gasteiger partial charge in [-0.15, -0.1) is 0 Å². The fraction of sp³-hybridized carbons (Fsp3) is 0.579. The molecule has 1 aliphatic heterocycles. The Morgan fingerprint density at radius 1 is 1.38 bits per heavy atom. The van der Waals surface area contributed by atoms with Gasteiger partial charge in [-0.1, -0.05) is 23.7 Å². The molecule has 7 heteroatoms. The maximum Gasteiger partial charge on any atom is 0.326 e. The van der Waals surface area contributed by atoms with E-state index < -0.39 is 5.54 Å². The first-order valence-electron chi connectivity index (χ1n) is 8.68. The number of nitrogens with zero attached hydrogens (tertiary/aromatic N) is 1. The van der Waals surface area contributed by atoms with Crippen molar-refractivity contribution in [1.29, 1.82) is 0 Å². The number of nitrogens with one attached hydrogen (secondary N) is 1. The van der Waals surface area contributed by atoms with Crippen molar-refractivity contribution in [2.75, 3.05) is 32.7 Å². The zero-order valence-electron chi connectivity index (χ0n) is 15.8. The van der Waals surface area contributed by atoms with Gasteiger partial charge in [-0.05, 0) is 56.5 Å². The monoisotopic (exact) mass is 398 g/mol. The lowest BCUT2D eigenvalue weighted by atomic mass is 9.89. The summed E-state index contributed by atoms with van der Waals surface area (Å²) in [5.74, 6) is 0.326. The second-order valence-electron chi connectivity index (χ2n) is 6.82. The van der Waals surface area contributed by atoms with Crippen LogP contribution < -0.4 is 5.32 Å². The normalized spacial score (nSPS) is 25.9. The number of halogens is 1. The molecule has 2 rings (SSSR count). The number of methoxy groups -OCH3 is 1. The van der Waals surface area contributed by atoms with Crippen molar-refractivity contribution in [3.05, 3.63) is 34.9 Å². The number of likely N-dealkylation sites (N-methyl/N-ethyl adjacent to an activating group) is 1. The summed E-state index contributed by atoms with van der Waals surface area (Å²) in [4.78, 5) is 27.3. The van der Waals surface area contributed by atoms with Crippen molar-refractivity contribution < 1.29 is 14.3 Å². The summed E-state index contributed by atoms with van der Waals surface area (Å²) in [7, 11) is 3.26. The number of rotatable bonds is 7. The van der Waals surface area contributed by atoms with Gasteiger partial charge in [-0.2, -0.15) is 11.8 Å². The molecule has 3 atom stereocenters. The average Bonchev–Trinajstić information content (AvgIpc) is 2.91. The molecule has 0 aliphatic carbocycles. The first-order chi connectivity index (χ1) is 12.3. The quantitative estimate of drug-likeness (QED) is 0.564. The number of hydrogen-bond donors (Lipinski definition) is 1. The highest BCUT2D eigenvalue weighted by molar-refractivity contribution is 7.98. The Kier molecular flexibility index (Phi) is 7.38. The number of likely N-dealkylation sites (tertiary alicyclic amines) is 1. The summed E-state index contributed by atoms with van der Waals surface area (Å²) >= 11 is 7.77. The van der Waals surface area contributed by atoms with Crippen LogP contribution in [0.2, 0.25) is 5.02 Å². The number of hydrogen-bond acceptors (Lipinski definition) is 5. The lowest BCUT2D eigenvalue weighted by Gasteiger charge is -2.33. The maximum atomic E-state index is 12.9. The molecule has 5 nitrogen and oxygen atoms in total. The van der Waals surface area contributed by atoms with Crippen LogP contribution in [0.4, 0.5) is 0 Å². The van der Waals surface area contributed by atoms with E-state index in [1.165, 1.54) is 7.11 Å². The fourth-order valence-corrected chi connectivity index (χ4v) is 4.18. The van der Waals surface area contributed by atoms with Crippen molar-refractivity contribution in [3.63, 3.8) is 0 Å². The lowest BCUT2D eigenvalue weighted by Crippen LogP contribution is -2.47. The van der Waals surface area contributed by atoms with E-state index in [2.05, 4.69) is 5.32 Å². The van der Waals surface area contributed by atoms with E-state index in [0.29, 0.717) is 18.0 Å². The molecule has 1 N–H and O–H groups in total. The van der Waals surface area contributed by atoms with Gasteiger partial charge in [0.05, 0.1) is 13.0 Å². The van der Waals surface area contributed by atoms with Crippen LogP contribution in [0.15, 0.2) is 24.3 Å². The third-order valence-electron chi connectivity index (χ3n) is 5.19.